The van der Waals surface area contributed by atoms with Gasteiger partial charge in [0.05, 0.1) is 12.4 Å². The van der Waals surface area contributed by atoms with Crippen molar-refractivity contribution >= 4 is 5.82 Å². The van der Waals surface area contributed by atoms with E-state index in [-0.39, 0.29) is 0 Å². The second-order valence-electron chi connectivity index (χ2n) is 4.60. The summed E-state index contributed by atoms with van der Waals surface area (Å²) in [7, 11) is 1.84. The summed E-state index contributed by atoms with van der Waals surface area (Å²) < 4.78 is 5.99. The monoisotopic (exact) mass is 235 g/mol. The summed E-state index contributed by atoms with van der Waals surface area (Å²) in [5.41, 5.74) is 0. The van der Waals surface area contributed by atoms with Crippen LogP contribution in [0.25, 0.3) is 0 Å². The van der Waals surface area contributed by atoms with Gasteiger partial charge in [-0.3, -0.25) is 4.98 Å². The fraction of sp³-hybridized carbons (Fsp3) is 0.692. The standard InChI is InChI=1S/C13H21N3O/c1-3-10-6-4-5-7-11(10)17-13-9-15-8-12(14-2)16-13/h8-11H,3-7H2,1-2H3,(H,14,16). The Morgan fingerprint density at radius 2 is 2.18 bits per heavy atom. The SMILES string of the molecule is CCC1CCCCC1Oc1cncc(NC)n1. The van der Waals surface area contributed by atoms with Crippen LogP contribution in [-0.2, 0) is 0 Å². The Morgan fingerprint density at radius 1 is 1.35 bits per heavy atom. The molecule has 0 amide bonds. The average molecular weight is 235 g/mol. The topological polar surface area (TPSA) is 47.0 Å². The zero-order chi connectivity index (χ0) is 12.1. The van der Waals surface area contributed by atoms with Crippen molar-refractivity contribution in [3.05, 3.63) is 12.4 Å². The van der Waals surface area contributed by atoms with E-state index in [0.717, 1.165) is 12.2 Å². The minimum atomic E-state index is 0.315. The quantitative estimate of drug-likeness (QED) is 0.871. The van der Waals surface area contributed by atoms with Crippen molar-refractivity contribution in [3.63, 3.8) is 0 Å². The van der Waals surface area contributed by atoms with Gasteiger partial charge >= 0.3 is 0 Å². The third kappa shape index (κ3) is 3.08. The molecule has 1 aliphatic carbocycles. The van der Waals surface area contributed by atoms with Crippen LogP contribution in [0.1, 0.15) is 39.0 Å². The molecule has 2 atom stereocenters. The van der Waals surface area contributed by atoms with Crippen LogP contribution >= 0.6 is 0 Å². The van der Waals surface area contributed by atoms with E-state index in [9.17, 15) is 0 Å². The van der Waals surface area contributed by atoms with Gasteiger partial charge in [0, 0.05) is 7.05 Å². The van der Waals surface area contributed by atoms with Crippen molar-refractivity contribution in [2.45, 2.75) is 45.1 Å². The first-order valence-electron chi connectivity index (χ1n) is 6.50. The maximum atomic E-state index is 5.99. The highest BCUT2D eigenvalue weighted by Crippen LogP contribution is 2.29. The number of hydrogen-bond acceptors (Lipinski definition) is 4. The second kappa shape index (κ2) is 5.84. The molecule has 1 aromatic rings. The van der Waals surface area contributed by atoms with E-state index in [0.29, 0.717) is 17.9 Å². The van der Waals surface area contributed by atoms with Crippen LogP contribution in [0.5, 0.6) is 5.88 Å². The normalized spacial score (nSPS) is 24.4. The summed E-state index contributed by atoms with van der Waals surface area (Å²) in [6.45, 7) is 2.24. The van der Waals surface area contributed by atoms with Gasteiger partial charge in [-0.1, -0.05) is 13.3 Å². The Balaban J connectivity index is 2.02. The van der Waals surface area contributed by atoms with Crippen molar-refractivity contribution < 1.29 is 4.74 Å². The molecule has 2 rings (SSSR count). The number of anilines is 1. The number of rotatable bonds is 4. The van der Waals surface area contributed by atoms with Gasteiger partial charge in [-0.05, 0) is 31.6 Å². The molecule has 1 aromatic heterocycles. The lowest BCUT2D eigenvalue weighted by molar-refractivity contribution is 0.0856. The molecular formula is C13H21N3O. The van der Waals surface area contributed by atoms with Crippen molar-refractivity contribution in [1.29, 1.82) is 0 Å². The van der Waals surface area contributed by atoms with Crippen molar-refractivity contribution in [2.75, 3.05) is 12.4 Å². The van der Waals surface area contributed by atoms with Gasteiger partial charge in [-0.15, -0.1) is 0 Å². The first-order chi connectivity index (χ1) is 8.33. The predicted octanol–water partition coefficient (Wildman–Crippen LogP) is 2.87. The van der Waals surface area contributed by atoms with Gasteiger partial charge < -0.3 is 10.1 Å². The van der Waals surface area contributed by atoms with Crippen LogP contribution in [-0.4, -0.2) is 23.1 Å². The van der Waals surface area contributed by atoms with Crippen molar-refractivity contribution in [3.8, 4) is 5.88 Å². The Labute approximate surface area is 103 Å². The molecule has 1 fully saturated rings. The van der Waals surface area contributed by atoms with Crippen LogP contribution < -0.4 is 10.1 Å². The highest BCUT2D eigenvalue weighted by atomic mass is 16.5. The minimum absolute atomic E-state index is 0.315. The molecule has 0 radical (unpaired) electrons. The first kappa shape index (κ1) is 12.1. The van der Waals surface area contributed by atoms with Gasteiger partial charge in [0.25, 0.3) is 0 Å². The lowest BCUT2D eigenvalue weighted by Gasteiger charge is -2.30. The maximum Gasteiger partial charge on any atom is 0.234 e. The number of nitrogens with zero attached hydrogens (tertiary/aromatic N) is 2. The summed E-state index contributed by atoms with van der Waals surface area (Å²) in [5.74, 6) is 2.07. The van der Waals surface area contributed by atoms with E-state index in [4.69, 9.17) is 4.74 Å². The molecule has 1 saturated carbocycles. The Morgan fingerprint density at radius 3 is 2.94 bits per heavy atom. The molecule has 0 aliphatic heterocycles. The molecule has 1 N–H and O–H groups in total. The molecule has 2 unspecified atom stereocenters. The first-order valence-corrected chi connectivity index (χ1v) is 6.50. The lowest BCUT2D eigenvalue weighted by Crippen LogP contribution is -2.30. The van der Waals surface area contributed by atoms with E-state index >= 15 is 0 Å². The molecule has 17 heavy (non-hydrogen) atoms. The smallest absolute Gasteiger partial charge is 0.234 e. The largest absolute Gasteiger partial charge is 0.473 e. The van der Waals surface area contributed by atoms with Gasteiger partial charge in [0.1, 0.15) is 11.9 Å². The zero-order valence-corrected chi connectivity index (χ0v) is 10.6. The lowest BCUT2D eigenvalue weighted by atomic mass is 9.85. The zero-order valence-electron chi connectivity index (χ0n) is 10.6. The molecule has 0 saturated heterocycles. The van der Waals surface area contributed by atoms with Gasteiger partial charge in [-0.25, -0.2) is 0 Å². The Kier molecular flexibility index (Phi) is 4.18. The maximum absolute atomic E-state index is 5.99. The van der Waals surface area contributed by atoms with E-state index in [2.05, 4.69) is 22.2 Å². The number of aromatic nitrogens is 2. The average Bonchev–Trinajstić information content (AvgIpc) is 2.39. The summed E-state index contributed by atoms with van der Waals surface area (Å²) in [4.78, 5) is 8.48. The predicted molar refractivity (Wildman–Crippen MR) is 68.2 cm³/mol. The third-order valence-corrected chi connectivity index (χ3v) is 3.50. The van der Waals surface area contributed by atoms with E-state index < -0.39 is 0 Å². The van der Waals surface area contributed by atoms with Crippen LogP contribution in [0.2, 0.25) is 0 Å². The van der Waals surface area contributed by atoms with Crippen molar-refractivity contribution in [2.24, 2.45) is 5.92 Å². The van der Waals surface area contributed by atoms with Gasteiger partial charge in [-0.2, -0.15) is 4.98 Å². The van der Waals surface area contributed by atoms with Crippen LogP contribution in [0.4, 0.5) is 5.82 Å². The molecule has 4 nitrogen and oxygen atoms in total. The highest BCUT2D eigenvalue weighted by Gasteiger charge is 2.25. The molecule has 0 bridgehead atoms. The molecule has 0 aromatic carbocycles. The molecule has 0 spiro atoms. The number of hydrogen-bond donors (Lipinski definition) is 1. The Bertz CT molecular complexity index is 356. The summed E-state index contributed by atoms with van der Waals surface area (Å²) in [6, 6.07) is 0. The summed E-state index contributed by atoms with van der Waals surface area (Å²) in [5, 5.41) is 2.98. The fourth-order valence-corrected chi connectivity index (χ4v) is 2.48. The summed E-state index contributed by atoms with van der Waals surface area (Å²) in [6.07, 6.45) is 9.91. The molecule has 4 heteroatoms. The number of ether oxygens (including phenoxy) is 1. The Hall–Kier alpha value is -1.32. The van der Waals surface area contributed by atoms with E-state index in [1.807, 2.05) is 7.05 Å². The third-order valence-electron chi connectivity index (χ3n) is 3.50. The van der Waals surface area contributed by atoms with Gasteiger partial charge in [0.15, 0.2) is 0 Å². The molecule has 1 aliphatic rings. The highest BCUT2D eigenvalue weighted by molar-refractivity contribution is 5.31. The van der Waals surface area contributed by atoms with Gasteiger partial charge in [0.2, 0.25) is 5.88 Å². The fourth-order valence-electron chi connectivity index (χ4n) is 2.48. The van der Waals surface area contributed by atoms with E-state index in [1.165, 1.54) is 25.7 Å². The second-order valence-corrected chi connectivity index (χ2v) is 4.60. The number of nitrogens with one attached hydrogen (secondary N) is 1. The minimum Gasteiger partial charge on any atom is -0.473 e. The molecule has 1 heterocycles. The van der Waals surface area contributed by atoms with Crippen LogP contribution in [0.15, 0.2) is 12.4 Å². The summed E-state index contributed by atoms with van der Waals surface area (Å²) >= 11 is 0. The van der Waals surface area contributed by atoms with Crippen LogP contribution in [0.3, 0.4) is 0 Å². The van der Waals surface area contributed by atoms with Crippen molar-refractivity contribution in [1.82, 2.24) is 9.97 Å². The van der Waals surface area contributed by atoms with Crippen LogP contribution in [0, 0.1) is 5.92 Å². The van der Waals surface area contributed by atoms with E-state index in [1.54, 1.807) is 12.4 Å². The molecular weight excluding hydrogens is 214 g/mol. The molecule has 94 valence electrons.